The van der Waals surface area contributed by atoms with E-state index in [-0.39, 0.29) is 11.7 Å². The summed E-state index contributed by atoms with van der Waals surface area (Å²) < 4.78 is 8.10. The van der Waals surface area contributed by atoms with Crippen LogP contribution in [0.5, 0.6) is 17.2 Å². The van der Waals surface area contributed by atoms with Crippen LogP contribution in [0.2, 0.25) is 0 Å². The summed E-state index contributed by atoms with van der Waals surface area (Å²) in [5.74, 6) is 1.02. The first-order chi connectivity index (χ1) is 11.4. The quantitative estimate of drug-likeness (QED) is 0.510. The number of rotatable bonds is 0. The number of hydrogen-bond donors (Lipinski definition) is 2. The highest BCUT2D eigenvalue weighted by Crippen LogP contribution is 2.41. The highest BCUT2D eigenvalue weighted by molar-refractivity contribution is 9.11. The van der Waals surface area contributed by atoms with Crippen LogP contribution < -0.4 is 10.1 Å². The third-order valence-corrected chi connectivity index (χ3v) is 5.73. The number of carbonyl (C=O) groups excluding carboxylic acids is 1. The highest BCUT2D eigenvalue weighted by atomic mass is 79.9. The third kappa shape index (κ3) is 3.95. The van der Waals surface area contributed by atoms with Gasteiger partial charge < -0.3 is 15.2 Å². The fourth-order valence-corrected chi connectivity index (χ4v) is 3.97. The van der Waals surface area contributed by atoms with E-state index in [1.54, 1.807) is 6.07 Å². The number of hydrogen-bond acceptors (Lipinski definition) is 3. The Kier molecular flexibility index (Phi) is 5.52. The second-order valence-electron chi connectivity index (χ2n) is 5.50. The first-order valence-electron chi connectivity index (χ1n) is 7.38. The number of carbonyl (C=O) groups is 1. The number of nitrogens with one attached hydrogen (secondary N) is 1. The maximum Gasteiger partial charge on any atom is 0.220 e. The molecule has 4 nitrogen and oxygen atoms in total. The van der Waals surface area contributed by atoms with Gasteiger partial charge in [-0.25, -0.2) is 0 Å². The van der Waals surface area contributed by atoms with E-state index < -0.39 is 0 Å². The third-order valence-electron chi connectivity index (χ3n) is 3.77. The molecule has 0 aliphatic carbocycles. The van der Waals surface area contributed by atoms with Crippen molar-refractivity contribution in [1.82, 2.24) is 5.32 Å². The summed E-state index contributed by atoms with van der Waals surface area (Å²) in [6.45, 7) is 0.540. The van der Waals surface area contributed by atoms with E-state index >= 15 is 0 Å². The first-order valence-corrected chi connectivity index (χ1v) is 9.76. The molecule has 2 aliphatic heterocycles. The molecule has 2 N–H and O–H groups in total. The van der Waals surface area contributed by atoms with Crippen molar-refractivity contribution in [2.45, 2.75) is 19.3 Å². The Morgan fingerprint density at radius 2 is 1.71 bits per heavy atom. The largest absolute Gasteiger partial charge is 0.503 e. The van der Waals surface area contributed by atoms with Gasteiger partial charge in [0.15, 0.2) is 11.5 Å². The summed E-state index contributed by atoms with van der Waals surface area (Å²) in [5, 5.41) is 13.2. The van der Waals surface area contributed by atoms with Crippen molar-refractivity contribution in [2.75, 3.05) is 6.54 Å². The molecule has 0 fully saturated rings. The van der Waals surface area contributed by atoms with Gasteiger partial charge in [0.1, 0.15) is 5.75 Å². The molecule has 4 bridgehead atoms. The van der Waals surface area contributed by atoms with Gasteiger partial charge in [-0.2, -0.15) is 0 Å². The van der Waals surface area contributed by atoms with E-state index in [9.17, 15) is 9.90 Å². The van der Waals surface area contributed by atoms with E-state index in [1.165, 1.54) is 0 Å². The molecule has 0 unspecified atom stereocenters. The Morgan fingerprint density at radius 3 is 2.50 bits per heavy atom. The number of halogens is 3. The topological polar surface area (TPSA) is 58.6 Å². The number of ether oxygens (including phenoxy) is 1. The minimum atomic E-state index is 0.0217. The van der Waals surface area contributed by atoms with Crippen molar-refractivity contribution >= 4 is 53.7 Å². The molecule has 0 spiro atoms. The number of phenolic OH excluding ortho intramolecular Hbond substituents is 1. The monoisotopic (exact) mass is 517 g/mol. The van der Waals surface area contributed by atoms with E-state index in [0.717, 1.165) is 20.1 Å². The van der Waals surface area contributed by atoms with Crippen molar-refractivity contribution in [2.24, 2.45) is 0 Å². The second kappa shape index (κ2) is 7.45. The van der Waals surface area contributed by atoms with Crippen LogP contribution in [0.15, 0.2) is 37.7 Å². The lowest BCUT2D eigenvalue weighted by Crippen LogP contribution is -2.26. The van der Waals surface area contributed by atoms with Crippen LogP contribution in [-0.4, -0.2) is 17.6 Å². The van der Waals surface area contributed by atoms with E-state index in [4.69, 9.17) is 4.74 Å². The van der Waals surface area contributed by atoms with Crippen LogP contribution in [0, 0.1) is 0 Å². The lowest BCUT2D eigenvalue weighted by Gasteiger charge is -2.15. The molecule has 1 amide bonds. The molecule has 7 heteroatoms. The Morgan fingerprint density at radius 1 is 0.917 bits per heavy atom. The predicted molar refractivity (Wildman–Crippen MR) is 103 cm³/mol. The summed E-state index contributed by atoms with van der Waals surface area (Å²) in [5.41, 5.74) is 1.97. The SMILES string of the molecule is O=C1CCc2cc(Br)c(cc2Br)Oc2cc(cc(Br)c2O)CCN1. The average Bonchev–Trinajstić information content (AvgIpc) is 2.53. The van der Waals surface area contributed by atoms with Gasteiger partial charge >= 0.3 is 0 Å². The predicted octanol–water partition coefficient (Wildman–Crippen LogP) is 5.08. The van der Waals surface area contributed by atoms with Crippen molar-refractivity contribution in [3.63, 3.8) is 0 Å². The molecule has 0 atom stereocenters. The number of aromatic hydroxyl groups is 1. The minimum Gasteiger partial charge on any atom is -0.503 e. The van der Waals surface area contributed by atoms with Crippen LogP contribution in [-0.2, 0) is 17.6 Å². The van der Waals surface area contributed by atoms with Gasteiger partial charge in [-0.05, 0) is 80.1 Å². The minimum absolute atomic E-state index is 0.0217. The van der Waals surface area contributed by atoms with Gasteiger partial charge in [0.2, 0.25) is 5.91 Å². The molecule has 2 aromatic carbocycles. The summed E-state index contributed by atoms with van der Waals surface area (Å²) in [4.78, 5) is 12.0. The second-order valence-corrected chi connectivity index (χ2v) is 8.06. The zero-order chi connectivity index (χ0) is 17.3. The Hall–Kier alpha value is -1.05. The lowest BCUT2D eigenvalue weighted by molar-refractivity contribution is -0.121. The molecule has 0 aromatic heterocycles. The lowest BCUT2D eigenvalue weighted by atomic mass is 10.1. The van der Waals surface area contributed by atoms with Crippen molar-refractivity contribution in [1.29, 1.82) is 0 Å². The van der Waals surface area contributed by atoms with Crippen LogP contribution in [0.1, 0.15) is 17.5 Å². The molecular formula is C17H14Br3NO3. The smallest absolute Gasteiger partial charge is 0.220 e. The van der Waals surface area contributed by atoms with Crippen molar-refractivity contribution in [3.05, 3.63) is 48.8 Å². The van der Waals surface area contributed by atoms with Crippen molar-refractivity contribution < 1.29 is 14.6 Å². The molecule has 0 saturated heterocycles. The molecule has 126 valence electrons. The van der Waals surface area contributed by atoms with Gasteiger partial charge in [0.05, 0.1) is 8.95 Å². The number of aryl methyl sites for hydroxylation is 1. The van der Waals surface area contributed by atoms with Gasteiger partial charge in [-0.3, -0.25) is 4.79 Å². The standard InChI is InChI=1S/C17H14Br3NO3/c18-11-8-14-12(19)7-10(11)1-2-16(22)21-4-3-9-5-13(20)17(23)15(6-9)24-14/h5-8,23H,1-4H2,(H,21,22). The summed E-state index contributed by atoms with van der Waals surface area (Å²) >= 11 is 10.4. The van der Waals surface area contributed by atoms with Crippen LogP contribution in [0.3, 0.4) is 0 Å². The Balaban J connectivity index is 2.08. The summed E-state index contributed by atoms with van der Waals surface area (Å²) in [6, 6.07) is 7.37. The van der Waals surface area contributed by atoms with E-state index in [1.807, 2.05) is 18.2 Å². The Labute approximate surface area is 165 Å². The van der Waals surface area contributed by atoms with Gasteiger partial charge in [-0.1, -0.05) is 15.9 Å². The molecule has 0 saturated carbocycles. The molecule has 2 heterocycles. The number of amides is 1. The van der Waals surface area contributed by atoms with Crippen LogP contribution in [0.25, 0.3) is 0 Å². The maximum atomic E-state index is 12.0. The molecule has 4 rings (SSSR count). The zero-order valence-corrected chi connectivity index (χ0v) is 17.3. The van der Waals surface area contributed by atoms with E-state index in [0.29, 0.717) is 41.8 Å². The Bertz CT molecular complexity index is 808. The van der Waals surface area contributed by atoms with Gasteiger partial charge in [0.25, 0.3) is 0 Å². The molecule has 24 heavy (non-hydrogen) atoms. The van der Waals surface area contributed by atoms with Crippen LogP contribution >= 0.6 is 47.8 Å². The fourth-order valence-electron chi connectivity index (χ4n) is 2.49. The molecule has 2 aliphatic rings. The van der Waals surface area contributed by atoms with E-state index in [2.05, 4.69) is 53.1 Å². The molecular weight excluding hydrogens is 506 g/mol. The van der Waals surface area contributed by atoms with Gasteiger partial charge in [0, 0.05) is 17.4 Å². The maximum absolute atomic E-state index is 12.0. The van der Waals surface area contributed by atoms with Crippen LogP contribution in [0.4, 0.5) is 0 Å². The number of phenols is 1. The van der Waals surface area contributed by atoms with Gasteiger partial charge in [-0.15, -0.1) is 0 Å². The summed E-state index contributed by atoms with van der Waals surface area (Å²) in [6.07, 6.45) is 1.71. The zero-order valence-electron chi connectivity index (χ0n) is 12.5. The highest BCUT2D eigenvalue weighted by Gasteiger charge is 2.15. The number of benzene rings is 2. The first kappa shape index (κ1) is 17.8. The fraction of sp³-hybridized carbons (Fsp3) is 0.235. The van der Waals surface area contributed by atoms with Crippen molar-refractivity contribution in [3.8, 4) is 17.2 Å². The normalized spacial score (nSPS) is 14.7. The summed E-state index contributed by atoms with van der Waals surface area (Å²) in [7, 11) is 0. The molecule has 0 radical (unpaired) electrons. The molecule has 2 aromatic rings. The average molecular weight is 520 g/mol. The number of fused-ring (bicyclic) bond motifs is 7.